The van der Waals surface area contributed by atoms with Gasteiger partial charge in [0.1, 0.15) is 10.8 Å². The van der Waals surface area contributed by atoms with E-state index in [4.69, 9.17) is 67.7 Å². The lowest BCUT2D eigenvalue weighted by atomic mass is 9.56. The van der Waals surface area contributed by atoms with E-state index in [2.05, 4.69) is 22.9 Å². The molecular formula is C75H90Cl5F3N6O6. The van der Waals surface area contributed by atoms with E-state index in [1.165, 1.54) is 18.9 Å². The summed E-state index contributed by atoms with van der Waals surface area (Å²) in [5.41, 5.74) is 14.9. The smallest absolute Gasteiger partial charge is 0.408 e. The van der Waals surface area contributed by atoms with Crippen molar-refractivity contribution in [2.24, 2.45) is 46.7 Å². The number of carbonyl (C=O) groups is 4. The van der Waals surface area contributed by atoms with Gasteiger partial charge in [-0.15, -0.1) is 12.4 Å². The van der Waals surface area contributed by atoms with Crippen LogP contribution >= 0.6 is 58.8 Å². The number of benzene rings is 6. The molecule has 3 atom stereocenters. The summed E-state index contributed by atoms with van der Waals surface area (Å²) in [6.45, 7) is 11.6. The van der Waals surface area contributed by atoms with Crippen molar-refractivity contribution < 1.29 is 42.2 Å². The molecule has 6 bridgehead atoms. The van der Waals surface area contributed by atoms with E-state index in [1.807, 2.05) is 45.0 Å². The molecule has 0 spiro atoms. The number of amides is 3. The summed E-state index contributed by atoms with van der Waals surface area (Å²) < 4.78 is 49.6. The number of nitrogen functional groups attached to an aromatic ring is 1. The second kappa shape index (κ2) is 32.7. The van der Waals surface area contributed by atoms with Gasteiger partial charge in [-0.3, -0.25) is 14.4 Å². The summed E-state index contributed by atoms with van der Waals surface area (Å²) >= 11 is 24.2. The minimum Gasteiger partial charge on any atom is -0.481 e. The molecule has 0 heterocycles. The van der Waals surface area contributed by atoms with Crippen LogP contribution in [-0.4, -0.2) is 64.7 Å². The van der Waals surface area contributed by atoms with Gasteiger partial charge < -0.3 is 42.2 Å². The number of fused-ring (bicyclic) bond motifs is 9. The number of carbonyl (C=O) groups excluding carboxylic acids is 3. The molecule has 9 aliphatic rings. The topological polar surface area (TPSA) is 189 Å². The number of hydrogen-bond acceptors (Lipinski definition) is 8. The molecule has 15 rings (SSSR count). The first kappa shape index (κ1) is 75.9. The van der Waals surface area contributed by atoms with Crippen molar-refractivity contribution >= 4 is 99.7 Å². The van der Waals surface area contributed by atoms with Gasteiger partial charge in [0, 0.05) is 68.1 Å². The number of rotatable bonds is 10. The van der Waals surface area contributed by atoms with Crippen LogP contribution in [0.1, 0.15) is 138 Å². The Balaban J connectivity index is 0.000000182. The maximum Gasteiger partial charge on any atom is 0.408 e. The Morgan fingerprint density at radius 1 is 0.558 bits per heavy atom. The van der Waals surface area contributed by atoms with E-state index < -0.39 is 52.1 Å². The third-order valence-electron chi connectivity index (χ3n) is 19.7. The molecule has 8 N–H and O–H groups in total. The molecule has 20 heteroatoms. The monoisotopic (exact) mass is 1400 g/mol. The van der Waals surface area contributed by atoms with E-state index >= 15 is 8.78 Å². The average molecular weight is 1410 g/mol. The predicted molar refractivity (Wildman–Crippen MR) is 382 cm³/mol. The third kappa shape index (κ3) is 18.8. The van der Waals surface area contributed by atoms with Crippen molar-refractivity contribution in [1.82, 2.24) is 10.2 Å². The zero-order chi connectivity index (χ0) is 68.5. The molecule has 512 valence electrons. The van der Waals surface area contributed by atoms with Crippen LogP contribution in [0, 0.1) is 58.4 Å². The van der Waals surface area contributed by atoms with Gasteiger partial charge in [0.2, 0.25) is 11.8 Å². The predicted octanol–water partition coefficient (Wildman–Crippen LogP) is 20.0. The van der Waals surface area contributed by atoms with Gasteiger partial charge in [0.15, 0.2) is 17.5 Å². The number of hydrogen-bond donors (Lipinski definition) is 6. The van der Waals surface area contributed by atoms with Gasteiger partial charge >= 0.3 is 12.1 Å². The highest BCUT2D eigenvalue weighted by molar-refractivity contribution is 6.34. The summed E-state index contributed by atoms with van der Waals surface area (Å²) in [4.78, 5) is 51.7. The number of halogens is 8. The fourth-order valence-corrected chi connectivity index (χ4v) is 15.2. The summed E-state index contributed by atoms with van der Waals surface area (Å²) in [5.74, 6) is -1.50. The van der Waals surface area contributed by atoms with Crippen LogP contribution in [0.4, 0.5) is 35.0 Å². The zero-order valence-corrected chi connectivity index (χ0v) is 59.2. The molecule has 9 fully saturated rings. The molecule has 9 saturated carbocycles. The molecule has 3 unspecified atom stereocenters. The minimum absolute atomic E-state index is 0. The van der Waals surface area contributed by atoms with Gasteiger partial charge in [-0.2, -0.15) is 0 Å². The van der Waals surface area contributed by atoms with Crippen LogP contribution in [0.25, 0.3) is 33.4 Å². The number of alkyl carbamates (subject to hydrolysis) is 1. The quantitative estimate of drug-likeness (QED) is 0.0573. The minimum atomic E-state index is -0.683. The maximum atomic E-state index is 15.4. The van der Waals surface area contributed by atoms with E-state index in [9.17, 15) is 23.6 Å². The molecule has 95 heavy (non-hydrogen) atoms. The summed E-state index contributed by atoms with van der Waals surface area (Å²) in [6, 6.07) is 35.9. The molecular weight excluding hydrogens is 1320 g/mol. The second-order valence-corrected chi connectivity index (χ2v) is 29.4. The first-order valence-corrected chi connectivity index (χ1v) is 33.9. The molecule has 12 nitrogen and oxygen atoms in total. The molecule has 0 saturated heterocycles. The van der Waals surface area contributed by atoms with E-state index in [0.717, 1.165) is 74.9 Å². The zero-order valence-electron chi connectivity index (χ0n) is 55.3. The number of aliphatic carboxylic acids is 1. The summed E-state index contributed by atoms with van der Waals surface area (Å²) in [7, 11) is 3.85. The normalized spacial score (nSPS) is 24.1. The molecule has 0 radical (unpaired) electrons. The molecule has 6 aromatic carbocycles. The van der Waals surface area contributed by atoms with Crippen LogP contribution in [0.15, 0.2) is 138 Å². The number of nitrogens with one attached hydrogen (secondary N) is 3. The Morgan fingerprint density at radius 3 is 1.29 bits per heavy atom. The molecule has 6 aromatic rings. The molecule has 0 aliphatic heterocycles. The first-order chi connectivity index (χ1) is 44.4. The van der Waals surface area contributed by atoms with Crippen LogP contribution in [0.3, 0.4) is 0 Å². The number of ether oxygens (including phenoxy) is 1. The number of allylic oxidation sites excluding steroid dienone is 1. The maximum absolute atomic E-state index is 15.4. The number of nitrogens with two attached hydrogens (primary N) is 2. The van der Waals surface area contributed by atoms with Crippen molar-refractivity contribution in [2.75, 3.05) is 30.5 Å². The second-order valence-electron chi connectivity index (χ2n) is 27.8. The third-order valence-corrected chi connectivity index (χ3v) is 21.4. The van der Waals surface area contributed by atoms with Gasteiger partial charge in [-0.05, 0) is 196 Å². The van der Waals surface area contributed by atoms with Gasteiger partial charge in [-0.25, -0.2) is 18.0 Å². The Morgan fingerprint density at radius 2 is 0.926 bits per heavy atom. The van der Waals surface area contributed by atoms with Gasteiger partial charge in [0.25, 0.3) is 0 Å². The summed E-state index contributed by atoms with van der Waals surface area (Å²) in [6.07, 6.45) is 13.9. The Labute approximate surface area is 584 Å². The summed E-state index contributed by atoms with van der Waals surface area (Å²) in [5, 5.41) is 19.9. The van der Waals surface area contributed by atoms with Crippen LogP contribution in [0.5, 0.6) is 0 Å². The van der Waals surface area contributed by atoms with Crippen LogP contribution in [-0.2, 0) is 19.1 Å². The molecule has 9 aliphatic carbocycles. The highest BCUT2D eigenvalue weighted by atomic mass is 35.5. The van der Waals surface area contributed by atoms with Gasteiger partial charge in [-0.1, -0.05) is 144 Å². The number of carboxylic acids is 1. The van der Waals surface area contributed by atoms with E-state index in [-0.39, 0.29) is 58.5 Å². The molecule has 0 aromatic heterocycles. The van der Waals surface area contributed by atoms with Crippen LogP contribution in [0.2, 0.25) is 15.1 Å². The SMILES string of the molecule is CC(C)(C)OC(=O)NC12CCC(CC1)CC2C(=O)Nc1cccc(-c2ccccc2Cl)c1F.CC(C)=C(Cl)N(C)C.CC12CCC(CC1)CC2C(=O)O.Cl.NC12CCC(CC1)CC2C(=O)Nc1cccc(-c2ccccc2Cl)c1F.Nc1cccc(-c2ccccc2Cl)c1F. The molecule has 3 amide bonds. The van der Waals surface area contributed by atoms with Crippen molar-refractivity contribution in [3.63, 3.8) is 0 Å². The van der Waals surface area contributed by atoms with Crippen molar-refractivity contribution in [3.8, 4) is 33.4 Å². The fourth-order valence-electron chi connectivity index (χ4n) is 14.4. The number of nitrogens with zero attached hydrogens (tertiary/aromatic N) is 1. The Kier molecular flexibility index (Phi) is 26.2. The van der Waals surface area contributed by atoms with Crippen molar-refractivity contribution in [2.45, 2.75) is 155 Å². The highest BCUT2D eigenvalue weighted by Gasteiger charge is 2.53. The fraction of sp³-hybridized carbons (Fsp3) is 0.440. The van der Waals surface area contributed by atoms with E-state index in [0.29, 0.717) is 85.5 Å². The van der Waals surface area contributed by atoms with Crippen LogP contribution < -0.4 is 27.4 Å². The first-order valence-electron chi connectivity index (χ1n) is 32.4. The van der Waals surface area contributed by atoms with Crippen molar-refractivity contribution in [1.29, 1.82) is 0 Å². The average Bonchev–Trinajstić information content (AvgIpc) is 0.771. The number of anilines is 3. The highest BCUT2D eigenvalue weighted by Crippen LogP contribution is 2.54. The number of carboxylic acid groups (broad SMARTS) is 1. The standard InChI is InChI=1S/C26H30ClFN2O3.C21H22ClFN2O.C12H9ClFN.C10H16O2.C6H12ClN.ClH/c1-25(2,3)33-24(32)30-26-13-11-16(12-14-26)15-19(26)23(31)29-21-10-6-8-18(22(21)28)17-7-4-5-9-20(17)27;22-17-6-2-1-4-14(17)15-5-3-7-18(19(15)23)25-20(26)16-12-13-8-10-21(16,24)11-9-13;13-10-6-2-1-4-8(10)9-5-3-7-11(15)12(9)14;1-10-4-2-7(3-5-10)6-8(10)9(11)12;1-5(2)6(7)8(3)4;/h4-10,16,19H,11-15H2,1-3H3,(H,29,31)(H,30,32);1-7,13,16H,8-12,24H2,(H,25,26);1-7H,15H2;7-8H,2-6H2,1H3,(H,11,12);1-4H3;1H. The Bertz CT molecular complexity index is 3710. The van der Waals surface area contributed by atoms with Crippen molar-refractivity contribution in [3.05, 3.63) is 171 Å². The van der Waals surface area contributed by atoms with E-state index in [1.54, 1.807) is 130 Å². The lowest BCUT2D eigenvalue weighted by Gasteiger charge is -2.51. The Hall–Kier alpha value is -6.46. The lowest BCUT2D eigenvalue weighted by molar-refractivity contribution is -0.152. The largest absolute Gasteiger partial charge is 0.481 e. The van der Waals surface area contributed by atoms with Gasteiger partial charge in [0.05, 0.1) is 40.4 Å². The lowest BCUT2D eigenvalue weighted by Crippen LogP contribution is -2.62.